The Kier molecular flexibility index (Phi) is 4.36. The van der Waals surface area contributed by atoms with Gasteiger partial charge in [-0.2, -0.15) is 5.10 Å². The number of piperidine rings is 1. The fraction of sp³-hybridized carbons (Fsp3) is 0.429. The molecule has 3 aromatic rings. The molecule has 1 saturated heterocycles. The number of hydrogen-bond acceptors (Lipinski definition) is 5. The average Bonchev–Trinajstić information content (AvgIpc) is 3.31. The van der Waals surface area contributed by atoms with Crippen LogP contribution in [0, 0.1) is 12.8 Å². The van der Waals surface area contributed by atoms with Crippen LogP contribution in [0.4, 0.5) is 10.5 Å². The first-order chi connectivity index (χ1) is 14.4. The Morgan fingerprint density at radius 2 is 2.13 bits per heavy atom. The zero-order valence-electron chi connectivity index (χ0n) is 17.1. The molecule has 156 valence electrons. The van der Waals surface area contributed by atoms with Gasteiger partial charge >= 0.3 is 6.03 Å². The van der Waals surface area contributed by atoms with E-state index in [0.29, 0.717) is 28.4 Å². The lowest BCUT2D eigenvalue weighted by Gasteiger charge is -2.61. The molecular weight excluding hydrogens is 404 g/mol. The SMILES string of the molecule is Cc1nnc(C23C[C@H](C)C[C@H](C2)N3C(=O)Nc2ccc(Cl)c(-c3ccn(C)n3)c2)o1. The number of carbonyl (C=O) groups is 1. The largest absolute Gasteiger partial charge is 0.423 e. The van der Waals surface area contributed by atoms with Gasteiger partial charge in [-0.1, -0.05) is 18.5 Å². The van der Waals surface area contributed by atoms with E-state index < -0.39 is 5.54 Å². The summed E-state index contributed by atoms with van der Waals surface area (Å²) in [6.07, 6.45) is 4.50. The summed E-state index contributed by atoms with van der Waals surface area (Å²) in [4.78, 5) is 15.2. The van der Waals surface area contributed by atoms with Crippen molar-refractivity contribution in [3.8, 4) is 11.3 Å². The molecule has 1 unspecified atom stereocenters. The Morgan fingerprint density at radius 3 is 2.83 bits per heavy atom. The van der Waals surface area contributed by atoms with Crippen LogP contribution in [-0.2, 0) is 12.6 Å². The van der Waals surface area contributed by atoms with E-state index in [1.165, 1.54) is 0 Å². The van der Waals surface area contributed by atoms with Crippen molar-refractivity contribution in [2.45, 2.75) is 44.7 Å². The number of halogens is 1. The summed E-state index contributed by atoms with van der Waals surface area (Å²) in [6, 6.07) is 7.32. The third-order valence-corrected chi connectivity index (χ3v) is 6.44. The van der Waals surface area contributed by atoms with Crippen LogP contribution < -0.4 is 5.32 Å². The van der Waals surface area contributed by atoms with Crippen LogP contribution in [0.2, 0.25) is 5.02 Å². The Morgan fingerprint density at radius 1 is 1.30 bits per heavy atom. The molecule has 0 radical (unpaired) electrons. The van der Waals surface area contributed by atoms with E-state index in [4.69, 9.17) is 16.0 Å². The van der Waals surface area contributed by atoms with Crippen molar-refractivity contribution in [1.82, 2.24) is 24.9 Å². The highest BCUT2D eigenvalue weighted by Crippen LogP contribution is 2.55. The van der Waals surface area contributed by atoms with E-state index in [0.717, 1.165) is 30.5 Å². The molecule has 3 atom stereocenters. The van der Waals surface area contributed by atoms with Crippen molar-refractivity contribution in [3.05, 3.63) is 47.3 Å². The molecule has 5 rings (SSSR count). The molecule has 0 spiro atoms. The lowest BCUT2D eigenvalue weighted by Crippen LogP contribution is -2.70. The molecule has 2 aromatic heterocycles. The maximum Gasteiger partial charge on any atom is 0.323 e. The van der Waals surface area contributed by atoms with Crippen molar-refractivity contribution >= 4 is 23.3 Å². The van der Waals surface area contributed by atoms with Gasteiger partial charge < -0.3 is 14.6 Å². The number of nitrogens with one attached hydrogen (secondary N) is 1. The summed E-state index contributed by atoms with van der Waals surface area (Å²) in [5.74, 6) is 1.54. The number of anilines is 1. The number of carbonyl (C=O) groups excluding carboxylic acids is 1. The van der Waals surface area contributed by atoms with E-state index in [2.05, 4.69) is 27.5 Å². The Bertz CT molecular complexity index is 1120. The molecule has 3 heterocycles. The van der Waals surface area contributed by atoms with Crippen LogP contribution >= 0.6 is 11.6 Å². The van der Waals surface area contributed by atoms with Gasteiger partial charge in [0.2, 0.25) is 11.8 Å². The monoisotopic (exact) mass is 426 g/mol. The number of benzene rings is 1. The molecular formula is C21H23ClN6O2. The average molecular weight is 427 g/mol. The number of aryl methyl sites for hydroxylation is 2. The van der Waals surface area contributed by atoms with Gasteiger partial charge in [-0.3, -0.25) is 4.68 Å². The van der Waals surface area contributed by atoms with Gasteiger partial charge in [0, 0.05) is 43.9 Å². The first-order valence-corrected chi connectivity index (χ1v) is 10.4. The van der Waals surface area contributed by atoms with Crippen LogP contribution in [0.15, 0.2) is 34.9 Å². The molecule has 1 aliphatic carbocycles. The summed E-state index contributed by atoms with van der Waals surface area (Å²) in [5, 5.41) is 16.3. The topological polar surface area (TPSA) is 89.1 Å². The molecule has 8 nitrogen and oxygen atoms in total. The Hall–Kier alpha value is -2.87. The standard InChI is InChI=1S/C21H23ClN6O2/c1-12-8-15-11-21(10-12,19-25-24-13(2)30-19)28(15)20(29)23-14-4-5-17(22)16(9-14)18-6-7-27(3)26-18/h4-7,9,12,15H,8,10-11H2,1-3H3,(H,23,29)/t12-,15-,21?/m1/s1. The summed E-state index contributed by atoms with van der Waals surface area (Å²) >= 11 is 6.38. The second kappa shape index (κ2) is 6.84. The number of nitrogens with zero attached hydrogens (tertiary/aromatic N) is 5. The van der Waals surface area contributed by atoms with Crippen LogP contribution in [0.5, 0.6) is 0 Å². The lowest BCUT2D eigenvalue weighted by atomic mass is 9.64. The third kappa shape index (κ3) is 2.98. The van der Waals surface area contributed by atoms with Gasteiger partial charge in [0.15, 0.2) is 0 Å². The molecule has 1 aromatic carbocycles. The fourth-order valence-corrected chi connectivity index (χ4v) is 5.19. The molecule has 1 N–H and O–H groups in total. The molecule has 2 bridgehead atoms. The van der Waals surface area contributed by atoms with Gasteiger partial charge in [0.1, 0.15) is 5.54 Å². The first kappa shape index (κ1) is 19.1. The van der Waals surface area contributed by atoms with E-state index in [1.54, 1.807) is 23.7 Å². The van der Waals surface area contributed by atoms with Crippen LogP contribution in [0.1, 0.15) is 38.0 Å². The fourth-order valence-electron chi connectivity index (χ4n) is 4.98. The van der Waals surface area contributed by atoms with Crippen LogP contribution in [0.25, 0.3) is 11.3 Å². The van der Waals surface area contributed by atoms with E-state index in [-0.39, 0.29) is 12.1 Å². The van der Waals surface area contributed by atoms with Crippen molar-refractivity contribution < 1.29 is 9.21 Å². The second-order valence-corrected chi connectivity index (χ2v) is 8.84. The second-order valence-electron chi connectivity index (χ2n) is 8.43. The van der Waals surface area contributed by atoms with Crippen LogP contribution in [0.3, 0.4) is 0 Å². The van der Waals surface area contributed by atoms with Crippen molar-refractivity contribution in [1.29, 1.82) is 0 Å². The Labute approximate surface area is 179 Å². The molecule has 1 aliphatic heterocycles. The highest BCUT2D eigenvalue weighted by atomic mass is 35.5. The summed E-state index contributed by atoms with van der Waals surface area (Å²) in [6.45, 7) is 3.98. The number of amides is 2. The number of urea groups is 1. The van der Waals surface area contributed by atoms with Crippen molar-refractivity contribution in [3.63, 3.8) is 0 Å². The number of likely N-dealkylation sites (tertiary alicyclic amines) is 1. The minimum absolute atomic E-state index is 0.164. The molecule has 1 saturated carbocycles. The zero-order valence-corrected chi connectivity index (χ0v) is 17.8. The predicted octanol–water partition coefficient (Wildman–Crippen LogP) is 4.36. The number of hydrogen-bond donors (Lipinski definition) is 1. The molecule has 30 heavy (non-hydrogen) atoms. The molecule has 2 fully saturated rings. The highest BCUT2D eigenvalue weighted by Gasteiger charge is 2.62. The van der Waals surface area contributed by atoms with E-state index >= 15 is 0 Å². The van der Waals surface area contributed by atoms with Gasteiger partial charge in [-0.15, -0.1) is 10.2 Å². The molecule has 2 aliphatic rings. The quantitative estimate of drug-likeness (QED) is 0.671. The summed E-state index contributed by atoms with van der Waals surface area (Å²) in [7, 11) is 1.85. The minimum Gasteiger partial charge on any atom is -0.423 e. The van der Waals surface area contributed by atoms with Crippen LogP contribution in [-0.4, -0.2) is 37.0 Å². The highest BCUT2D eigenvalue weighted by molar-refractivity contribution is 6.33. The van der Waals surface area contributed by atoms with Gasteiger partial charge in [0.05, 0.1) is 10.7 Å². The zero-order chi connectivity index (χ0) is 21.0. The van der Waals surface area contributed by atoms with Crippen molar-refractivity contribution in [2.24, 2.45) is 13.0 Å². The Balaban J connectivity index is 1.43. The van der Waals surface area contributed by atoms with Gasteiger partial charge in [-0.05, 0) is 43.0 Å². The summed E-state index contributed by atoms with van der Waals surface area (Å²) in [5.41, 5.74) is 1.67. The lowest BCUT2D eigenvalue weighted by molar-refractivity contribution is -0.110. The number of fused-ring (bicyclic) bond motifs is 2. The molecule has 2 amide bonds. The van der Waals surface area contributed by atoms with E-state index in [1.807, 2.05) is 30.3 Å². The van der Waals surface area contributed by atoms with Gasteiger partial charge in [-0.25, -0.2) is 4.79 Å². The predicted molar refractivity (Wildman–Crippen MR) is 112 cm³/mol. The minimum atomic E-state index is -0.524. The molecule has 9 heteroatoms. The number of aromatic nitrogens is 4. The van der Waals surface area contributed by atoms with Crippen molar-refractivity contribution in [2.75, 3.05) is 5.32 Å². The maximum atomic E-state index is 13.3. The smallest absolute Gasteiger partial charge is 0.323 e. The first-order valence-electron chi connectivity index (χ1n) is 10.1. The van der Waals surface area contributed by atoms with E-state index in [9.17, 15) is 4.79 Å². The van der Waals surface area contributed by atoms with Gasteiger partial charge in [0.25, 0.3) is 0 Å². The summed E-state index contributed by atoms with van der Waals surface area (Å²) < 4.78 is 7.48. The maximum absolute atomic E-state index is 13.3. The normalized spacial score (nSPS) is 25.1. The third-order valence-electron chi connectivity index (χ3n) is 6.11. The number of rotatable bonds is 3.